The van der Waals surface area contributed by atoms with Gasteiger partial charge in [-0.25, -0.2) is 0 Å². The van der Waals surface area contributed by atoms with E-state index in [0.717, 1.165) is 11.5 Å². The minimum absolute atomic E-state index is 0.811. The van der Waals surface area contributed by atoms with Crippen molar-refractivity contribution in [1.29, 1.82) is 0 Å². The zero-order valence-corrected chi connectivity index (χ0v) is 6.92. The van der Waals surface area contributed by atoms with E-state index in [0.29, 0.717) is 0 Å². The van der Waals surface area contributed by atoms with Gasteiger partial charge in [-0.2, -0.15) is 10.2 Å². The van der Waals surface area contributed by atoms with Gasteiger partial charge in [-0.15, -0.1) is 0 Å². The minimum Gasteiger partial charge on any atom is -0.465 e. The molecule has 3 nitrogen and oxygen atoms in total. The fourth-order valence-corrected chi connectivity index (χ4v) is 0.956. The molecule has 2 rings (SSSR count). The Balaban J connectivity index is 2.15. The first kappa shape index (κ1) is 7.73. The molecular formula is C10H8N2O. The number of aromatic nitrogens is 2. The molecule has 0 radical (unpaired) electrons. The molecule has 0 N–H and O–H groups in total. The predicted octanol–water partition coefficient (Wildman–Crippen LogP) is 2.24. The molecule has 2 aromatic rings. The van der Waals surface area contributed by atoms with Crippen molar-refractivity contribution >= 4 is 12.2 Å². The number of rotatable bonds is 2. The average Bonchev–Trinajstić information content (AvgIpc) is 2.69. The lowest BCUT2D eigenvalue weighted by Crippen LogP contribution is -1.81. The highest BCUT2D eigenvalue weighted by Gasteiger charge is 1.88. The molecular weight excluding hydrogens is 164 g/mol. The van der Waals surface area contributed by atoms with Crippen LogP contribution in [0.15, 0.2) is 41.1 Å². The highest BCUT2D eigenvalue weighted by atomic mass is 16.3. The van der Waals surface area contributed by atoms with Gasteiger partial charge in [-0.05, 0) is 36.4 Å². The van der Waals surface area contributed by atoms with E-state index in [-0.39, 0.29) is 0 Å². The lowest BCUT2D eigenvalue weighted by Gasteiger charge is -1.87. The van der Waals surface area contributed by atoms with Crippen LogP contribution in [0.25, 0.3) is 12.2 Å². The standard InChI is InChI=1S/C10H8N2O/c1-3-9(12-11-7-1)5-6-10-4-2-8-13-10/h1-8H. The number of hydrogen-bond donors (Lipinski definition) is 0. The number of nitrogens with zero attached hydrogens (tertiary/aromatic N) is 2. The Morgan fingerprint density at radius 1 is 1.15 bits per heavy atom. The zero-order valence-electron chi connectivity index (χ0n) is 6.92. The van der Waals surface area contributed by atoms with Crippen LogP contribution in [-0.4, -0.2) is 10.2 Å². The van der Waals surface area contributed by atoms with E-state index in [9.17, 15) is 0 Å². The average molecular weight is 172 g/mol. The second kappa shape index (κ2) is 3.67. The second-order valence-electron chi connectivity index (χ2n) is 2.50. The summed E-state index contributed by atoms with van der Waals surface area (Å²) < 4.78 is 5.12. The van der Waals surface area contributed by atoms with Crippen LogP contribution in [0.4, 0.5) is 0 Å². The third kappa shape index (κ3) is 2.02. The largest absolute Gasteiger partial charge is 0.465 e. The van der Waals surface area contributed by atoms with Crippen molar-refractivity contribution in [3.63, 3.8) is 0 Å². The molecule has 0 aromatic carbocycles. The normalized spacial score (nSPS) is 10.8. The third-order valence-electron chi connectivity index (χ3n) is 1.55. The molecule has 0 aliphatic carbocycles. The minimum atomic E-state index is 0.811. The molecule has 0 bridgehead atoms. The Bertz CT molecular complexity index is 379. The van der Waals surface area contributed by atoms with Crippen molar-refractivity contribution < 1.29 is 4.42 Å². The Hall–Kier alpha value is -1.90. The Labute approximate surface area is 75.7 Å². The first-order chi connectivity index (χ1) is 6.45. The van der Waals surface area contributed by atoms with Gasteiger partial charge in [-0.1, -0.05) is 0 Å². The second-order valence-corrected chi connectivity index (χ2v) is 2.50. The Kier molecular flexibility index (Phi) is 2.18. The maximum Gasteiger partial charge on any atom is 0.126 e. The van der Waals surface area contributed by atoms with Crippen LogP contribution in [0.3, 0.4) is 0 Å². The van der Waals surface area contributed by atoms with Gasteiger partial charge in [0.25, 0.3) is 0 Å². The molecule has 0 unspecified atom stereocenters. The van der Waals surface area contributed by atoms with Crippen LogP contribution < -0.4 is 0 Å². The summed E-state index contributed by atoms with van der Waals surface area (Å²) in [6.45, 7) is 0. The summed E-state index contributed by atoms with van der Waals surface area (Å²) in [5.41, 5.74) is 0.818. The topological polar surface area (TPSA) is 38.9 Å². The first-order valence-corrected chi connectivity index (χ1v) is 3.94. The van der Waals surface area contributed by atoms with Crippen molar-refractivity contribution in [3.05, 3.63) is 48.2 Å². The first-order valence-electron chi connectivity index (χ1n) is 3.94. The summed E-state index contributed by atoms with van der Waals surface area (Å²) in [5, 5.41) is 7.65. The van der Waals surface area contributed by atoms with Crippen molar-refractivity contribution in [3.8, 4) is 0 Å². The summed E-state index contributed by atoms with van der Waals surface area (Å²) in [4.78, 5) is 0. The van der Waals surface area contributed by atoms with Crippen LogP contribution in [0.2, 0.25) is 0 Å². The van der Waals surface area contributed by atoms with Gasteiger partial charge < -0.3 is 4.42 Å². The van der Waals surface area contributed by atoms with Gasteiger partial charge in [-0.3, -0.25) is 0 Å². The molecule has 2 aromatic heterocycles. The lowest BCUT2D eigenvalue weighted by molar-refractivity contribution is 0.557. The van der Waals surface area contributed by atoms with Crippen molar-refractivity contribution in [1.82, 2.24) is 10.2 Å². The molecule has 0 saturated heterocycles. The van der Waals surface area contributed by atoms with E-state index < -0.39 is 0 Å². The summed E-state index contributed by atoms with van der Waals surface area (Å²) in [6, 6.07) is 7.45. The summed E-state index contributed by atoms with van der Waals surface area (Å²) in [5.74, 6) is 0.811. The Morgan fingerprint density at radius 3 is 2.85 bits per heavy atom. The number of furan rings is 1. The molecule has 0 aliphatic rings. The molecule has 0 spiro atoms. The van der Waals surface area contributed by atoms with E-state index in [1.807, 2.05) is 36.4 Å². The van der Waals surface area contributed by atoms with Gasteiger partial charge >= 0.3 is 0 Å². The SMILES string of the molecule is C(=Cc1ccco1)c1cccnn1. The van der Waals surface area contributed by atoms with Crippen LogP contribution >= 0.6 is 0 Å². The zero-order chi connectivity index (χ0) is 8.93. The highest BCUT2D eigenvalue weighted by molar-refractivity contribution is 5.64. The van der Waals surface area contributed by atoms with E-state index in [1.165, 1.54) is 0 Å². The fourth-order valence-electron chi connectivity index (χ4n) is 0.956. The molecule has 3 heteroatoms. The summed E-state index contributed by atoms with van der Waals surface area (Å²) in [7, 11) is 0. The van der Waals surface area contributed by atoms with Gasteiger partial charge in [0.05, 0.1) is 12.0 Å². The van der Waals surface area contributed by atoms with Crippen LogP contribution in [0.1, 0.15) is 11.5 Å². The van der Waals surface area contributed by atoms with Gasteiger partial charge in [0.15, 0.2) is 0 Å². The maximum atomic E-state index is 5.12. The number of hydrogen-bond acceptors (Lipinski definition) is 3. The molecule has 64 valence electrons. The monoisotopic (exact) mass is 172 g/mol. The Morgan fingerprint density at radius 2 is 2.15 bits per heavy atom. The van der Waals surface area contributed by atoms with Crippen molar-refractivity contribution in [2.75, 3.05) is 0 Å². The van der Waals surface area contributed by atoms with Crippen molar-refractivity contribution in [2.45, 2.75) is 0 Å². The molecule has 0 amide bonds. The quantitative estimate of drug-likeness (QED) is 0.697. The lowest BCUT2D eigenvalue weighted by atomic mass is 10.3. The third-order valence-corrected chi connectivity index (χ3v) is 1.55. The van der Waals surface area contributed by atoms with Crippen LogP contribution in [0.5, 0.6) is 0 Å². The fraction of sp³-hybridized carbons (Fsp3) is 0. The molecule has 0 aliphatic heterocycles. The van der Waals surface area contributed by atoms with E-state index in [4.69, 9.17) is 4.42 Å². The summed E-state index contributed by atoms with van der Waals surface area (Å²) in [6.07, 6.45) is 6.98. The van der Waals surface area contributed by atoms with Gasteiger partial charge in [0, 0.05) is 6.20 Å². The van der Waals surface area contributed by atoms with Gasteiger partial charge in [0.2, 0.25) is 0 Å². The van der Waals surface area contributed by atoms with Crippen LogP contribution in [0, 0.1) is 0 Å². The molecule has 13 heavy (non-hydrogen) atoms. The van der Waals surface area contributed by atoms with Gasteiger partial charge in [0.1, 0.15) is 5.76 Å². The molecule has 0 saturated carbocycles. The predicted molar refractivity (Wildman–Crippen MR) is 49.7 cm³/mol. The smallest absolute Gasteiger partial charge is 0.126 e. The molecule has 0 atom stereocenters. The highest BCUT2D eigenvalue weighted by Crippen LogP contribution is 2.05. The van der Waals surface area contributed by atoms with Crippen LogP contribution in [-0.2, 0) is 0 Å². The van der Waals surface area contributed by atoms with E-state index in [1.54, 1.807) is 12.5 Å². The van der Waals surface area contributed by atoms with Crippen molar-refractivity contribution in [2.24, 2.45) is 0 Å². The summed E-state index contributed by atoms with van der Waals surface area (Å²) >= 11 is 0. The molecule has 0 fully saturated rings. The van der Waals surface area contributed by atoms with E-state index in [2.05, 4.69) is 10.2 Å². The molecule has 2 heterocycles. The maximum absolute atomic E-state index is 5.12. The van der Waals surface area contributed by atoms with E-state index >= 15 is 0 Å².